The van der Waals surface area contributed by atoms with Crippen molar-refractivity contribution < 1.29 is 22.7 Å². The predicted octanol–water partition coefficient (Wildman–Crippen LogP) is 3.28. The number of nitrogens with one attached hydrogen (secondary N) is 1. The van der Waals surface area contributed by atoms with E-state index in [2.05, 4.69) is 12.2 Å². The predicted molar refractivity (Wildman–Crippen MR) is 128 cm³/mol. The second-order valence-electron chi connectivity index (χ2n) is 7.87. The smallest absolute Gasteiger partial charge is 0.243 e. The average Bonchev–Trinajstić information content (AvgIpc) is 3.21. The summed E-state index contributed by atoms with van der Waals surface area (Å²) in [6.07, 6.45) is 0.991. The van der Waals surface area contributed by atoms with E-state index in [0.717, 1.165) is 12.1 Å². The highest BCUT2D eigenvalue weighted by atomic mass is 32.2. The number of carbonyl (C=O) groups is 2. The molecule has 1 N–H and O–H groups in total. The number of rotatable bonds is 9. The van der Waals surface area contributed by atoms with Crippen LogP contribution in [0.4, 0.5) is 11.4 Å². The average molecular weight is 474 g/mol. The van der Waals surface area contributed by atoms with Crippen LogP contribution in [0, 0.1) is 5.92 Å². The van der Waals surface area contributed by atoms with Gasteiger partial charge in [-0.15, -0.1) is 0 Å². The van der Waals surface area contributed by atoms with Gasteiger partial charge in [0.05, 0.1) is 23.6 Å². The van der Waals surface area contributed by atoms with Crippen molar-refractivity contribution in [1.82, 2.24) is 4.31 Å². The second-order valence-corrected chi connectivity index (χ2v) is 9.80. The molecule has 178 valence electrons. The number of benzene rings is 2. The lowest BCUT2D eigenvalue weighted by atomic mass is 10.1. The monoisotopic (exact) mass is 473 g/mol. The molecule has 1 aliphatic rings. The molecule has 1 saturated heterocycles. The Balaban J connectivity index is 1.80. The zero-order valence-electron chi connectivity index (χ0n) is 19.5. The summed E-state index contributed by atoms with van der Waals surface area (Å²) in [5.41, 5.74) is 2.19. The topological polar surface area (TPSA) is 96.0 Å². The van der Waals surface area contributed by atoms with Gasteiger partial charge >= 0.3 is 0 Å². The van der Waals surface area contributed by atoms with Gasteiger partial charge in [0.2, 0.25) is 21.8 Å². The minimum atomic E-state index is -3.70. The summed E-state index contributed by atoms with van der Waals surface area (Å²) < 4.78 is 32.5. The largest absolute Gasteiger partial charge is 0.495 e. The van der Waals surface area contributed by atoms with Crippen LogP contribution in [-0.4, -0.2) is 51.3 Å². The number of hydrogen-bond donors (Lipinski definition) is 1. The number of anilines is 2. The molecule has 9 heteroatoms. The van der Waals surface area contributed by atoms with Crippen LogP contribution in [0.1, 0.15) is 32.8 Å². The molecular formula is C24H31N3O5S. The van der Waals surface area contributed by atoms with Crippen LogP contribution in [0.15, 0.2) is 47.4 Å². The Kier molecular flexibility index (Phi) is 7.76. The maximum Gasteiger partial charge on any atom is 0.243 e. The lowest BCUT2D eigenvalue weighted by Crippen LogP contribution is -2.31. The molecule has 1 heterocycles. The first-order chi connectivity index (χ1) is 15.7. The molecule has 2 aromatic rings. The van der Waals surface area contributed by atoms with Gasteiger partial charge < -0.3 is 15.0 Å². The third-order valence-corrected chi connectivity index (χ3v) is 7.97. The lowest BCUT2D eigenvalue weighted by Gasteiger charge is -2.20. The van der Waals surface area contributed by atoms with E-state index in [1.54, 1.807) is 18.7 Å². The van der Waals surface area contributed by atoms with Crippen molar-refractivity contribution in [2.75, 3.05) is 37.0 Å². The summed E-state index contributed by atoms with van der Waals surface area (Å²) in [6.45, 7) is 6.54. The molecule has 1 fully saturated rings. The highest BCUT2D eigenvalue weighted by Gasteiger charge is 2.35. The number of aryl methyl sites for hydroxylation is 1. The van der Waals surface area contributed by atoms with E-state index in [4.69, 9.17) is 4.74 Å². The second kappa shape index (κ2) is 10.4. The molecule has 2 amide bonds. The molecule has 0 aromatic heterocycles. The Morgan fingerprint density at radius 2 is 1.79 bits per heavy atom. The number of amides is 2. The molecule has 8 nitrogen and oxygen atoms in total. The maximum absolute atomic E-state index is 13.0. The fourth-order valence-electron chi connectivity index (χ4n) is 3.94. The normalized spacial score (nSPS) is 16.3. The fourth-order valence-corrected chi connectivity index (χ4v) is 5.42. The number of ether oxygens (including phenoxy) is 1. The first-order valence-electron chi connectivity index (χ1n) is 11.1. The number of carbonyl (C=O) groups excluding carboxylic acids is 2. The zero-order chi connectivity index (χ0) is 24.2. The first-order valence-corrected chi connectivity index (χ1v) is 12.6. The van der Waals surface area contributed by atoms with E-state index in [1.807, 2.05) is 24.3 Å². The van der Waals surface area contributed by atoms with Gasteiger partial charge in [-0.05, 0) is 42.3 Å². The van der Waals surface area contributed by atoms with Crippen molar-refractivity contribution in [3.8, 4) is 5.75 Å². The van der Waals surface area contributed by atoms with Crippen molar-refractivity contribution in [1.29, 1.82) is 0 Å². The van der Waals surface area contributed by atoms with Crippen molar-refractivity contribution in [2.24, 2.45) is 5.92 Å². The standard InChI is InChI=1S/C24H31N3O5S/c1-5-17-8-10-19(11-9-17)27-16-18(14-23(27)28)24(29)25-21-15-20(12-13-22(21)32-4)33(30,31)26(6-2)7-3/h8-13,15,18H,5-7,14,16H2,1-4H3,(H,25,29)/t18-/m0/s1. The Morgan fingerprint density at radius 1 is 1.12 bits per heavy atom. The molecule has 0 saturated carbocycles. The van der Waals surface area contributed by atoms with Crippen molar-refractivity contribution >= 4 is 33.2 Å². The first kappa shape index (κ1) is 24.7. The third kappa shape index (κ3) is 5.20. The van der Waals surface area contributed by atoms with E-state index in [-0.39, 0.29) is 35.4 Å². The van der Waals surface area contributed by atoms with Gasteiger partial charge in [0.15, 0.2) is 0 Å². The molecule has 0 aliphatic carbocycles. The number of hydrogen-bond acceptors (Lipinski definition) is 5. The quantitative estimate of drug-likeness (QED) is 0.603. The highest BCUT2D eigenvalue weighted by Crippen LogP contribution is 2.31. The van der Waals surface area contributed by atoms with Crippen LogP contribution in [0.5, 0.6) is 5.75 Å². The van der Waals surface area contributed by atoms with E-state index in [9.17, 15) is 18.0 Å². The molecule has 1 atom stereocenters. The van der Waals surface area contributed by atoms with E-state index in [1.165, 1.54) is 35.2 Å². The Labute approximate surface area is 195 Å². The Hall–Kier alpha value is -2.91. The van der Waals surface area contributed by atoms with Gasteiger partial charge in [-0.3, -0.25) is 9.59 Å². The van der Waals surface area contributed by atoms with Gasteiger partial charge in [-0.25, -0.2) is 8.42 Å². The maximum atomic E-state index is 13.0. The molecular weight excluding hydrogens is 442 g/mol. The molecule has 3 rings (SSSR count). The SMILES string of the molecule is CCc1ccc(N2C[C@@H](C(=O)Nc3cc(S(=O)(=O)N(CC)CC)ccc3OC)CC2=O)cc1. The third-order valence-electron chi connectivity index (χ3n) is 5.92. The molecule has 0 bridgehead atoms. The van der Waals surface area contributed by atoms with Crippen LogP contribution in [0.3, 0.4) is 0 Å². The van der Waals surface area contributed by atoms with Gasteiger partial charge in [-0.2, -0.15) is 4.31 Å². The van der Waals surface area contributed by atoms with E-state index >= 15 is 0 Å². The van der Waals surface area contributed by atoms with Crippen molar-refractivity contribution in [3.63, 3.8) is 0 Å². The van der Waals surface area contributed by atoms with E-state index < -0.39 is 15.9 Å². The summed E-state index contributed by atoms with van der Waals surface area (Å²) in [4.78, 5) is 27.3. The van der Waals surface area contributed by atoms with Gasteiger partial charge in [0.1, 0.15) is 5.75 Å². The number of nitrogens with zero attached hydrogens (tertiary/aromatic N) is 2. The molecule has 2 aromatic carbocycles. The minimum Gasteiger partial charge on any atom is -0.495 e. The summed E-state index contributed by atoms with van der Waals surface area (Å²) in [5.74, 6) is -0.690. The number of methoxy groups -OCH3 is 1. The van der Waals surface area contributed by atoms with Crippen LogP contribution in [0.2, 0.25) is 0 Å². The molecule has 33 heavy (non-hydrogen) atoms. The summed E-state index contributed by atoms with van der Waals surface area (Å²) in [5, 5.41) is 2.78. The number of sulfonamides is 1. The van der Waals surface area contributed by atoms with Crippen LogP contribution in [0.25, 0.3) is 0 Å². The van der Waals surface area contributed by atoms with Gasteiger partial charge in [0.25, 0.3) is 0 Å². The van der Waals surface area contributed by atoms with Crippen molar-refractivity contribution in [3.05, 3.63) is 48.0 Å². The summed E-state index contributed by atoms with van der Waals surface area (Å²) in [7, 11) is -2.25. The minimum absolute atomic E-state index is 0.0717. The van der Waals surface area contributed by atoms with E-state index in [0.29, 0.717) is 18.8 Å². The van der Waals surface area contributed by atoms with Crippen molar-refractivity contribution in [2.45, 2.75) is 38.5 Å². The molecule has 0 unspecified atom stereocenters. The van der Waals surface area contributed by atoms with Gasteiger partial charge in [0, 0.05) is 31.7 Å². The summed E-state index contributed by atoms with van der Waals surface area (Å²) in [6, 6.07) is 12.1. The fraction of sp³-hybridized carbons (Fsp3) is 0.417. The van der Waals surface area contributed by atoms with Crippen LogP contribution in [-0.2, 0) is 26.0 Å². The zero-order valence-corrected chi connectivity index (χ0v) is 20.3. The highest BCUT2D eigenvalue weighted by molar-refractivity contribution is 7.89. The van der Waals surface area contributed by atoms with Crippen LogP contribution >= 0.6 is 0 Å². The van der Waals surface area contributed by atoms with Gasteiger partial charge in [-0.1, -0.05) is 32.9 Å². The molecule has 1 aliphatic heterocycles. The molecule has 0 spiro atoms. The van der Waals surface area contributed by atoms with Crippen LogP contribution < -0.4 is 15.0 Å². The summed E-state index contributed by atoms with van der Waals surface area (Å²) >= 11 is 0. The lowest BCUT2D eigenvalue weighted by molar-refractivity contribution is -0.122. The Bertz CT molecular complexity index is 1110. The Morgan fingerprint density at radius 3 is 2.36 bits per heavy atom. The molecule has 0 radical (unpaired) electrons.